The summed E-state index contributed by atoms with van der Waals surface area (Å²) < 4.78 is 11.7. The second-order valence-electron chi connectivity index (χ2n) is 10.1. The predicted octanol–water partition coefficient (Wildman–Crippen LogP) is 7.24. The van der Waals surface area contributed by atoms with E-state index < -0.39 is 6.10 Å². The van der Waals surface area contributed by atoms with Crippen LogP contribution in [0.3, 0.4) is 0 Å². The van der Waals surface area contributed by atoms with Gasteiger partial charge >= 0.3 is 0 Å². The second-order valence-corrected chi connectivity index (χ2v) is 10.1. The highest BCUT2D eigenvalue weighted by Crippen LogP contribution is 2.32. The number of aryl methyl sites for hydroxylation is 2. The van der Waals surface area contributed by atoms with Gasteiger partial charge in [-0.1, -0.05) is 68.5 Å². The smallest absolute Gasteiger partial charge is 0.161 e. The Bertz CT molecular complexity index is 858. The van der Waals surface area contributed by atoms with Crippen LogP contribution in [0, 0.1) is 0 Å². The molecule has 4 nitrogen and oxygen atoms in total. The summed E-state index contributed by atoms with van der Waals surface area (Å²) in [6.45, 7) is 0. The fourth-order valence-corrected chi connectivity index (χ4v) is 4.97. The highest BCUT2D eigenvalue weighted by atomic mass is 16.5. The lowest BCUT2D eigenvalue weighted by molar-refractivity contribution is -0.121. The van der Waals surface area contributed by atoms with Gasteiger partial charge in [0.05, 0.1) is 19.3 Å². The summed E-state index contributed by atoms with van der Waals surface area (Å²) in [5, 5.41) is 10.3. The number of hydrogen-bond acceptors (Lipinski definition) is 4. The molecule has 0 aromatic heterocycles. The molecule has 192 valence electrons. The van der Waals surface area contributed by atoms with Crippen LogP contribution in [0.25, 0.3) is 0 Å². The molecule has 1 N–H and O–H groups in total. The first-order valence-corrected chi connectivity index (χ1v) is 13.7. The third-order valence-corrected chi connectivity index (χ3v) is 7.08. The molecule has 3 rings (SSSR count). The van der Waals surface area contributed by atoms with Crippen LogP contribution in [-0.2, 0) is 17.6 Å². The van der Waals surface area contributed by atoms with Crippen LogP contribution in [0.1, 0.15) is 94.6 Å². The normalized spacial score (nSPS) is 15.0. The number of carbonyl (C=O) groups excluding carboxylic acids is 1. The lowest BCUT2D eigenvalue weighted by Crippen LogP contribution is -2.20. The number of Topliss-reactive ketones (excluding diaryl/α,β-unsaturated/α-hetero) is 1. The minimum absolute atomic E-state index is 0.130. The molecular formula is C31H44O4. The van der Waals surface area contributed by atoms with Gasteiger partial charge in [0.2, 0.25) is 0 Å². The van der Waals surface area contributed by atoms with Crippen LogP contribution >= 0.6 is 0 Å². The fourth-order valence-electron chi connectivity index (χ4n) is 4.97. The molecule has 0 saturated heterocycles. The van der Waals surface area contributed by atoms with Gasteiger partial charge in [-0.2, -0.15) is 0 Å². The minimum atomic E-state index is -0.520. The summed E-state index contributed by atoms with van der Waals surface area (Å²) >= 11 is 0. The van der Waals surface area contributed by atoms with Crippen LogP contribution in [0.15, 0.2) is 48.5 Å². The number of aliphatic hydroxyl groups excluding tert-OH is 1. The van der Waals surface area contributed by atoms with Crippen LogP contribution in [0.5, 0.6) is 11.5 Å². The maximum Gasteiger partial charge on any atom is 0.161 e. The van der Waals surface area contributed by atoms with Crippen molar-refractivity contribution >= 4 is 5.78 Å². The zero-order chi connectivity index (χ0) is 24.7. The van der Waals surface area contributed by atoms with Gasteiger partial charge in [-0.25, -0.2) is 0 Å². The molecule has 35 heavy (non-hydrogen) atoms. The molecule has 0 amide bonds. The zero-order valence-corrected chi connectivity index (χ0v) is 21.6. The van der Waals surface area contributed by atoms with Gasteiger partial charge in [-0.05, 0) is 74.6 Å². The molecule has 0 bridgehead atoms. The lowest BCUT2D eigenvalue weighted by Gasteiger charge is -2.24. The third-order valence-electron chi connectivity index (χ3n) is 7.08. The van der Waals surface area contributed by atoms with Gasteiger partial charge in [0.15, 0.2) is 11.5 Å². The predicted molar refractivity (Wildman–Crippen MR) is 142 cm³/mol. The van der Waals surface area contributed by atoms with E-state index in [1.54, 1.807) is 7.11 Å². The van der Waals surface area contributed by atoms with Gasteiger partial charge in [0, 0.05) is 12.8 Å². The fraction of sp³-hybridized carbons (Fsp3) is 0.581. The van der Waals surface area contributed by atoms with Crippen molar-refractivity contribution < 1.29 is 19.4 Å². The quantitative estimate of drug-likeness (QED) is 0.257. The molecule has 4 heteroatoms. The number of benzene rings is 2. The van der Waals surface area contributed by atoms with Crippen molar-refractivity contribution in [2.24, 2.45) is 0 Å². The van der Waals surface area contributed by atoms with Gasteiger partial charge < -0.3 is 14.6 Å². The molecule has 2 aromatic carbocycles. The highest BCUT2D eigenvalue weighted by Gasteiger charge is 2.18. The molecule has 1 aliphatic rings. The second kappa shape index (κ2) is 15.6. The molecule has 1 atom stereocenters. The molecule has 1 aliphatic carbocycles. The summed E-state index contributed by atoms with van der Waals surface area (Å²) in [7, 11) is 1.67. The van der Waals surface area contributed by atoms with Crippen molar-refractivity contribution in [2.75, 3.05) is 7.11 Å². The Morgan fingerprint density at radius 1 is 0.886 bits per heavy atom. The zero-order valence-electron chi connectivity index (χ0n) is 21.6. The van der Waals surface area contributed by atoms with Gasteiger partial charge in [-0.3, -0.25) is 4.79 Å². The van der Waals surface area contributed by atoms with E-state index in [4.69, 9.17) is 9.47 Å². The van der Waals surface area contributed by atoms with E-state index in [-0.39, 0.29) is 18.3 Å². The third kappa shape index (κ3) is 10.4. The molecule has 0 heterocycles. The standard InChI is InChI=1S/C31H44O4/c1-34-30-22-20-26(23-31(30)35-29-17-11-6-12-18-29)19-21-28(33)24-27(32)16-10-4-2-3-7-13-25-14-8-5-9-15-25/h5,8-9,14-15,20,22-23,27,29,32H,2-4,6-7,10-13,16-19,21,24H2,1H3/t27-/m0/s1. The number of unbranched alkanes of at least 4 members (excludes halogenated alkanes) is 4. The van der Waals surface area contributed by atoms with Crippen molar-refractivity contribution in [3.05, 3.63) is 59.7 Å². The Hall–Kier alpha value is -2.33. The summed E-state index contributed by atoms with van der Waals surface area (Å²) in [5.41, 5.74) is 2.49. The Balaban J connectivity index is 1.29. The molecule has 0 spiro atoms. The molecule has 2 aromatic rings. The van der Waals surface area contributed by atoms with Crippen molar-refractivity contribution in [1.29, 1.82) is 0 Å². The van der Waals surface area contributed by atoms with Crippen LogP contribution < -0.4 is 9.47 Å². The number of aliphatic hydroxyl groups is 1. The van der Waals surface area contributed by atoms with Crippen molar-refractivity contribution in [2.45, 2.75) is 109 Å². The summed E-state index contributed by atoms with van der Waals surface area (Å²) in [6.07, 6.45) is 14.6. The Kier molecular flexibility index (Phi) is 12.2. The van der Waals surface area contributed by atoms with E-state index in [9.17, 15) is 9.90 Å². The van der Waals surface area contributed by atoms with E-state index in [0.717, 1.165) is 49.2 Å². The molecule has 1 saturated carbocycles. The number of hydrogen-bond donors (Lipinski definition) is 1. The largest absolute Gasteiger partial charge is 0.493 e. The molecule has 0 aliphatic heterocycles. The lowest BCUT2D eigenvalue weighted by atomic mass is 9.97. The number of ketones is 1. The first-order valence-electron chi connectivity index (χ1n) is 13.7. The van der Waals surface area contributed by atoms with Crippen molar-refractivity contribution in [3.63, 3.8) is 0 Å². The van der Waals surface area contributed by atoms with E-state index >= 15 is 0 Å². The first kappa shape index (κ1) is 27.3. The van der Waals surface area contributed by atoms with Gasteiger partial charge in [0.1, 0.15) is 5.78 Å². The van der Waals surface area contributed by atoms with Gasteiger partial charge in [-0.15, -0.1) is 0 Å². The number of methoxy groups -OCH3 is 1. The highest BCUT2D eigenvalue weighted by molar-refractivity contribution is 5.79. The van der Waals surface area contributed by atoms with E-state index in [1.165, 1.54) is 44.1 Å². The number of rotatable bonds is 16. The van der Waals surface area contributed by atoms with Crippen LogP contribution in [-0.4, -0.2) is 30.2 Å². The van der Waals surface area contributed by atoms with E-state index in [1.807, 2.05) is 18.2 Å². The summed E-state index contributed by atoms with van der Waals surface area (Å²) in [6, 6.07) is 16.6. The topological polar surface area (TPSA) is 55.8 Å². The average molecular weight is 481 g/mol. The maximum absolute atomic E-state index is 12.4. The molecule has 0 unspecified atom stereocenters. The SMILES string of the molecule is COc1ccc(CCC(=O)C[C@@H](O)CCCCCCCc2ccccc2)cc1OC1CCCCC1. The summed E-state index contributed by atoms with van der Waals surface area (Å²) in [5.74, 6) is 1.67. The average Bonchev–Trinajstić information content (AvgIpc) is 2.88. The van der Waals surface area contributed by atoms with Crippen molar-refractivity contribution in [1.82, 2.24) is 0 Å². The molecule has 1 fully saturated rings. The van der Waals surface area contributed by atoms with E-state index in [0.29, 0.717) is 19.3 Å². The Labute approximate surface area is 212 Å². The van der Waals surface area contributed by atoms with Crippen molar-refractivity contribution in [3.8, 4) is 11.5 Å². The molecular weight excluding hydrogens is 436 g/mol. The van der Waals surface area contributed by atoms with E-state index in [2.05, 4.69) is 30.3 Å². The van der Waals surface area contributed by atoms with Gasteiger partial charge in [0.25, 0.3) is 0 Å². The Morgan fingerprint density at radius 2 is 1.63 bits per heavy atom. The van der Waals surface area contributed by atoms with Crippen LogP contribution in [0.2, 0.25) is 0 Å². The maximum atomic E-state index is 12.4. The summed E-state index contributed by atoms with van der Waals surface area (Å²) in [4.78, 5) is 12.4. The minimum Gasteiger partial charge on any atom is -0.493 e. The monoisotopic (exact) mass is 480 g/mol. The first-order chi connectivity index (χ1) is 17.1. The Morgan fingerprint density at radius 3 is 2.40 bits per heavy atom. The molecule has 0 radical (unpaired) electrons. The number of carbonyl (C=O) groups is 1. The number of ether oxygens (including phenoxy) is 2. The van der Waals surface area contributed by atoms with Crippen LogP contribution in [0.4, 0.5) is 0 Å².